The van der Waals surface area contributed by atoms with Crippen LogP contribution in [-0.2, 0) is 36.1 Å². The number of aromatic hydroxyl groups is 1. The minimum Gasteiger partial charge on any atom is -0.508 e. The lowest BCUT2D eigenvalue weighted by Crippen LogP contribution is -2.41. The molecule has 80 heavy (non-hydrogen) atoms. The molecule has 2 aliphatic heterocycles. The van der Waals surface area contributed by atoms with E-state index in [1.165, 1.54) is 94.9 Å². The smallest absolute Gasteiger partial charge is 0.307 e. The number of Topliss-reactive ketones (excluding diaryl/α,β-unsaturated/α-hetero) is 1. The Morgan fingerprint density at radius 3 is 1.44 bits per heavy atom. The van der Waals surface area contributed by atoms with Crippen LogP contribution in [0.1, 0.15) is 62.1 Å². The summed E-state index contributed by atoms with van der Waals surface area (Å²) >= 11 is 0. The first-order valence-corrected chi connectivity index (χ1v) is 29.0. The van der Waals surface area contributed by atoms with Crippen LogP contribution in [0.25, 0.3) is 44.6 Å². The number of phenols is 1. The molecule has 4 unspecified atom stereocenters. The zero-order valence-electron chi connectivity index (χ0n) is 45.1. The number of aliphatic carboxylic acids is 1. The maximum absolute atomic E-state index is 14.4. The van der Waals surface area contributed by atoms with E-state index in [1.54, 1.807) is 24.3 Å². The van der Waals surface area contributed by atoms with Gasteiger partial charge in [-0.2, -0.15) is 0 Å². The van der Waals surface area contributed by atoms with Crippen LogP contribution in [0.2, 0.25) is 0 Å². The molecule has 2 amide bonds. The summed E-state index contributed by atoms with van der Waals surface area (Å²) in [7, 11) is 2.04. The highest BCUT2D eigenvalue weighted by Gasteiger charge is 2.37. The number of halogens is 3. The quantitative estimate of drug-likeness (QED) is 0.0813. The molecule has 2 aliphatic rings. The van der Waals surface area contributed by atoms with Gasteiger partial charge in [-0.05, 0) is 123 Å². The van der Waals surface area contributed by atoms with Gasteiger partial charge in [-0.15, -0.1) is 0 Å². The van der Waals surface area contributed by atoms with E-state index in [4.69, 9.17) is 8.83 Å². The third kappa shape index (κ3) is 12.2. The topological polar surface area (TPSA) is 240 Å². The number of likely N-dealkylation sites (N-methyl/N-ethyl adjacent to an activating group) is 2. The van der Waals surface area contributed by atoms with Gasteiger partial charge in [-0.1, -0.05) is 6.07 Å². The summed E-state index contributed by atoms with van der Waals surface area (Å²) in [5.41, 5.74) is 3.69. The number of rotatable bonds is 14. The normalized spacial score (nSPS) is 18.1. The van der Waals surface area contributed by atoms with Gasteiger partial charge in [-0.25, -0.2) is 30.0 Å². The first-order chi connectivity index (χ1) is 37.7. The number of fused-ring (bicyclic) bond motifs is 2. The molecule has 9 rings (SSSR count). The Kier molecular flexibility index (Phi) is 16.9. The number of hydrogen-bond acceptors (Lipinski definition) is 13. The Labute approximate surface area is 460 Å². The number of nitrogens with one attached hydrogen (secondary N) is 2. The number of ketones is 1. The van der Waals surface area contributed by atoms with Crippen molar-refractivity contribution < 1.29 is 68.2 Å². The average Bonchev–Trinajstić information content (AvgIpc) is 3.98. The molecule has 7 aromatic rings. The van der Waals surface area contributed by atoms with Crippen LogP contribution in [0.5, 0.6) is 5.75 Å². The lowest BCUT2D eigenvalue weighted by atomic mass is 9.80. The van der Waals surface area contributed by atoms with E-state index in [0.29, 0.717) is 83.4 Å². The summed E-state index contributed by atoms with van der Waals surface area (Å²) in [6.45, 7) is 1.77. The van der Waals surface area contributed by atoms with Crippen molar-refractivity contribution in [3.05, 3.63) is 136 Å². The summed E-state index contributed by atoms with van der Waals surface area (Å²) in [4.78, 5) is 55.3. The number of phenolic OH excluding ortho intramolecular Hbond substituents is 1. The van der Waals surface area contributed by atoms with Crippen molar-refractivity contribution in [3.63, 3.8) is 0 Å². The number of benzene rings is 5. The molecule has 424 valence electrons. The average molecular weight is 1140 g/mol. The molecule has 18 nitrogen and oxygen atoms in total. The second-order valence-electron chi connectivity index (χ2n) is 20.5. The molecule has 0 aliphatic carbocycles. The molecule has 2 fully saturated rings. The number of piperidine rings is 2. The fourth-order valence-corrected chi connectivity index (χ4v) is 11.7. The largest absolute Gasteiger partial charge is 0.508 e. The van der Waals surface area contributed by atoms with Crippen LogP contribution in [0.4, 0.5) is 24.5 Å². The molecule has 0 saturated carbocycles. The third-order valence-corrected chi connectivity index (χ3v) is 17.2. The van der Waals surface area contributed by atoms with Crippen LogP contribution >= 0.6 is 0 Å². The maximum atomic E-state index is 14.4. The molecular weight excluding hydrogens is 1080 g/mol. The number of nitrogens with zero attached hydrogens (tertiary/aromatic N) is 4. The number of sulfonamides is 2. The standard InChI is InChI=1S/C32H33F2N3O6S.C25H28FN3O6S/c1-35-32(40)30-24-13-22(19-12-20(17-36(2)16-19)28(39)14-23-25(34)6-5-7-27(23)38)26(37(3)44(4,41)42)15-29(24)43-31(30)18-8-10-21(33)11-9-18;1-27-24(30)22-19-10-18(15-9-16(25(31)32)13-28(2)12-15)20(29(3)36(4,33)34)11-21(19)35-23(22)14-5-7-17(26)8-6-14/h5-11,13,15,19-20,38H,12,14,16-17H2,1-4H3,(H,35,40);5-8,10-11,15-16H,9,12-13H2,1-4H3,(H,27,30)(H,31,32). The number of carbonyl (C=O) groups is 4. The highest BCUT2D eigenvalue weighted by atomic mass is 32.2. The van der Waals surface area contributed by atoms with Gasteiger partial charge in [0, 0.05) is 106 Å². The van der Waals surface area contributed by atoms with Gasteiger partial charge in [0.15, 0.2) is 0 Å². The molecule has 0 bridgehead atoms. The molecule has 23 heteroatoms. The second-order valence-corrected chi connectivity index (χ2v) is 24.5. The van der Waals surface area contributed by atoms with Gasteiger partial charge < -0.3 is 39.5 Å². The molecule has 4 atom stereocenters. The fourth-order valence-electron chi connectivity index (χ4n) is 10.7. The maximum Gasteiger partial charge on any atom is 0.307 e. The number of likely N-dealkylation sites (tertiary alicyclic amines) is 2. The minimum absolute atomic E-state index is 0.0665. The number of carbonyl (C=O) groups excluding carboxylic acids is 3. The predicted molar refractivity (Wildman–Crippen MR) is 298 cm³/mol. The van der Waals surface area contributed by atoms with Crippen molar-refractivity contribution in [2.24, 2.45) is 11.8 Å². The molecule has 4 N–H and O–H groups in total. The SMILES string of the molecule is CNC(=O)c1c(-c2ccc(F)cc2)oc2cc(N(C)S(C)(=O)=O)c(C3CC(C(=O)Cc4c(O)cccc4F)CN(C)C3)cc12.CNC(=O)c1c(-c2ccc(F)cc2)oc2cc(N(C)S(C)(=O)=O)c(C3CC(C(=O)O)CN(C)C3)cc12. The number of carboxylic acid groups (broad SMARTS) is 1. The van der Waals surface area contributed by atoms with Crippen molar-refractivity contribution in [3.8, 4) is 28.4 Å². The predicted octanol–water partition coefficient (Wildman–Crippen LogP) is 7.80. The van der Waals surface area contributed by atoms with Gasteiger partial charge in [0.2, 0.25) is 20.0 Å². The summed E-state index contributed by atoms with van der Waals surface area (Å²) in [5.74, 6) is -5.32. The Bertz CT molecular complexity index is 3760. The van der Waals surface area contributed by atoms with Crippen LogP contribution in [0.15, 0.2) is 99.8 Å². The highest BCUT2D eigenvalue weighted by Crippen LogP contribution is 2.45. The van der Waals surface area contributed by atoms with Gasteiger partial charge >= 0.3 is 5.97 Å². The Balaban J connectivity index is 0.000000215. The molecule has 5 aromatic carbocycles. The zero-order valence-corrected chi connectivity index (χ0v) is 46.8. The Morgan fingerprint density at radius 1 is 0.637 bits per heavy atom. The van der Waals surface area contributed by atoms with Crippen molar-refractivity contribution in [2.45, 2.75) is 31.1 Å². The molecule has 4 heterocycles. The van der Waals surface area contributed by atoms with E-state index in [0.717, 1.165) is 21.1 Å². The van der Waals surface area contributed by atoms with E-state index in [-0.39, 0.29) is 69.2 Å². The molecule has 0 radical (unpaired) electrons. The second kappa shape index (κ2) is 23.2. The molecule has 0 spiro atoms. The summed E-state index contributed by atoms with van der Waals surface area (Å²) in [6, 6.07) is 21.4. The Hall–Kier alpha value is -7.73. The van der Waals surface area contributed by atoms with Crippen LogP contribution in [0, 0.1) is 29.3 Å². The van der Waals surface area contributed by atoms with Crippen LogP contribution in [-0.4, -0.2) is 141 Å². The molecular formula is C57H61F3N6O12S2. The van der Waals surface area contributed by atoms with E-state index < -0.39 is 67.1 Å². The van der Waals surface area contributed by atoms with Gasteiger partial charge in [-0.3, -0.25) is 27.8 Å². The Morgan fingerprint density at radius 2 is 1.05 bits per heavy atom. The van der Waals surface area contributed by atoms with Gasteiger partial charge in [0.1, 0.15) is 51.7 Å². The lowest BCUT2D eigenvalue weighted by molar-refractivity contribution is -0.143. The molecule has 2 saturated heterocycles. The number of anilines is 2. The summed E-state index contributed by atoms with van der Waals surface area (Å²) < 4.78 is 107. The first-order valence-electron chi connectivity index (χ1n) is 25.3. The van der Waals surface area contributed by atoms with E-state index >= 15 is 0 Å². The minimum atomic E-state index is -3.74. The summed E-state index contributed by atoms with van der Waals surface area (Å²) in [5, 5.41) is 25.9. The first kappa shape index (κ1) is 58.4. The third-order valence-electron chi connectivity index (χ3n) is 14.9. The zero-order chi connectivity index (χ0) is 58.3. The lowest BCUT2D eigenvalue weighted by Gasteiger charge is -2.37. The number of amides is 2. The number of carboxylic acids is 1. The van der Waals surface area contributed by atoms with Crippen molar-refractivity contribution in [1.29, 1.82) is 0 Å². The van der Waals surface area contributed by atoms with Crippen LogP contribution in [0.3, 0.4) is 0 Å². The van der Waals surface area contributed by atoms with Crippen LogP contribution < -0.4 is 19.2 Å². The van der Waals surface area contributed by atoms with Crippen molar-refractivity contribution in [2.75, 3.05) is 89.6 Å². The fraction of sp³-hybridized carbons (Fsp3) is 0.333. The number of furan rings is 2. The molecule has 2 aromatic heterocycles. The highest BCUT2D eigenvalue weighted by molar-refractivity contribution is 7.92. The van der Waals surface area contributed by atoms with Crippen molar-refractivity contribution >= 4 is 76.9 Å². The van der Waals surface area contributed by atoms with E-state index in [2.05, 4.69) is 10.6 Å². The van der Waals surface area contributed by atoms with E-state index in [9.17, 15) is 59.4 Å². The van der Waals surface area contributed by atoms with Crippen molar-refractivity contribution in [1.82, 2.24) is 20.4 Å². The number of hydrogen-bond donors (Lipinski definition) is 4. The van der Waals surface area contributed by atoms with Gasteiger partial charge in [0.25, 0.3) is 11.8 Å². The monoisotopic (exact) mass is 1140 g/mol. The van der Waals surface area contributed by atoms with E-state index in [1.807, 2.05) is 23.9 Å². The summed E-state index contributed by atoms with van der Waals surface area (Å²) in [6.07, 6.45) is 2.50. The van der Waals surface area contributed by atoms with Gasteiger partial charge in [0.05, 0.1) is 40.9 Å².